The van der Waals surface area contributed by atoms with Crippen molar-refractivity contribution in [2.45, 2.75) is 37.1 Å². The highest BCUT2D eigenvalue weighted by Crippen LogP contribution is 2.39. The summed E-state index contributed by atoms with van der Waals surface area (Å²) in [4.78, 5) is 0. The van der Waals surface area contributed by atoms with Crippen molar-refractivity contribution in [1.29, 1.82) is 0 Å². The van der Waals surface area contributed by atoms with Crippen LogP contribution in [0, 0.1) is 0 Å². The van der Waals surface area contributed by atoms with Crippen LogP contribution in [0.4, 0.5) is 0 Å². The Bertz CT molecular complexity index is 926. The Morgan fingerprint density at radius 3 is 2.61 bits per heavy atom. The van der Waals surface area contributed by atoms with Crippen LogP contribution in [0.2, 0.25) is 5.02 Å². The van der Waals surface area contributed by atoms with E-state index in [1.807, 2.05) is 36.4 Å². The summed E-state index contributed by atoms with van der Waals surface area (Å²) in [6.45, 7) is 0.367. The molecule has 1 aliphatic carbocycles. The van der Waals surface area contributed by atoms with E-state index >= 15 is 0 Å². The maximum Gasteiger partial charge on any atom is 0.191 e. The van der Waals surface area contributed by atoms with E-state index in [0.29, 0.717) is 23.4 Å². The number of rotatable bonds is 9. The molecule has 0 radical (unpaired) electrons. The second kappa shape index (κ2) is 8.88. The smallest absolute Gasteiger partial charge is 0.191 e. The van der Waals surface area contributed by atoms with Gasteiger partial charge in [0.15, 0.2) is 11.0 Å². The zero-order valence-electron chi connectivity index (χ0n) is 15.7. The Kier molecular flexibility index (Phi) is 6.07. The van der Waals surface area contributed by atoms with Crippen molar-refractivity contribution in [3.05, 3.63) is 64.9 Å². The molecule has 0 N–H and O–H groups in total. The Balaban J connectivity index is 1.38. The second-order valence-corrected chi connectivity index (χ2v) is 8.13. The molecule has 2 aromatic carbocycles. The lowest BCUT2D eigenvalue weighted by Crippen LogP contribution is -2.07. The first-order chi connectivity index (χ1) is 13.7. The van der Waals surface area contributed by atoms with Crippen molar-refractivity contribution in [1.82, 2.24) is 14.8 Å². The quantitative estimate of drug-likeness (QED) is 0.450. The predicted octanol–water partition coefficient (Wildman–Crippen LogP) is 5.19. The molecule has 3 aromatic rings. The summed E-state index contributed by atoms with van der Waals surface area (Å²) < 4.78 is 13.3. The molecule has 4 rings (SSSR count). The molecular formula is C21H22ClN3O2S. The van der Waals surface area contributed by atoms with Crippen LogP contribution in [-0.2, 0) is 13.0 Å². The first-order valence-electron chi connectivity index (χ1n) is 9.31. The van der Waals surface area contributed by atoms with Gasteiger partial charge in [0.05, 0.1) is 12.1 Å². The van der Waals surface area contributed by atoms with E-state index in [2.05, 4.69) is 26.9 Å². The van der Waals surface area contributed by atoms with Crippen molar-refractivity contribution in [2.24, 2.45) is 0 Å². The van der Waals surface area contributed by atoms with Gasteiger partial charge in [0.1, 0.15) is 18.1 Å². The van der Waals surface area contributed by atoms with Crippen LogP contribution < -0.4 is 9.47 Å². The van der Waals surface area contributed by atoms with Gasteiger partial charge >= 0.3 is 0 Å². The molecule has 0 bridgehead atoms. The molecule has 0 saturated heterocycles. The van der Waals surface area contributed by atoms with E-state index in [0.717, 1.165) is 28.9 Å². The lowest BCUT2D eigenvalue weighted by Gasteiger charge is -2.10. The Labute approximate surface area is 174 Å². The number of hydrogen-bond acceptors (Lipinski definition) is 5. The van der Waals surface area contributed by atoms with Gasteiger partial charge in [0.2, 0.25) is 0 Å². The standard InChI is InChI=1S/C21H22ClN3O2S/c1-26-17-10-6-15(7-11-17)12-13-28-21-24-23-20(25(21)16-8-9-16)14-27-19-5-3-2-4-18(19)22/h2-7,10-11,16H,8-9,12-14H2,1H3. The number of methoxy groups -OCH3 is 1. The van der Waals surface area contributed by atoms with Crippen LogP contribution >= 0.6 is 23.4 Å². The highest BCUT2D eigenvalue weighted by molar-refractivity contribution is 7.99. The number of halogens is 1. The van der Waals surface area contributed by atoms with Crippen molar-refractivity contribution in [2.75, 3.05) is 12.9 Å². The monoisotopic (exact) mass is 415 g/mol. The number of benzene rings is 2. The molecule has 1 saturated carbocycles. The van der Waals surface area contributed by atoms with Crippen LogP contribution in [0.5, 0.6) is 11.5 Å². The molecule has 1 heterocycles. The molecule has 1 fully saturated rings. The van der Waals surface area contributed by atoms with Gasteiger partial charge in [-0.25, -0.2) is 0 Å². The van der Waals surface area contributed by atoms with Gasteiger partial charge in [-0.05, 0) is 49.1 Å². The lowest BCUT2D eigenvalue weighted by atomic mass is 10.2. The van der Waals surface area contributed by atoms with Crippen LogP contribution in [0.25, 0.3) is 0 Å². The minimum atomic E-state index is 0.367. The van der Waals surface area contributed by atoms with E-state index < -0.39 is 0 Å². The fourth-order valence-corrected chi connectivity index (χ4v) is 4.16. The molecule has 1 aliphatic rings. The average molecular weight is 416 g/mol. The third kappa shape index (κ3) is 4.62. The third-order valence-electron chi connectivity index (χ3n) is 4.62. The molecule has 0 spiro atoms. The topological polar surface area (TPSA) is 49.2 Å². The molecular weight excluding hydrogens is 394 g/mol. The molecule has 5 nitrogen and oxygen atoms in total. The van der Waals surface area contributed by atoms with Gasteiger partial charge in [-0.15, -0.1) is 10.2 Å². The summed E-state index contributed by atoms with van der Waals surface area (Å²) in [6.07, 6.45) is 3.31. The van der Waals surface area contributed by atoms with Crippen LogP contribution in [0.15, 0.2) is 53.7 Å². The summed E-state index contributed by atoms with van der Waals surface area (Å²) in [7, 11) is 1.68. The van der Waals surface area contributed by atoms with E-state index in [-0.39, 0.29) is 0 Å². The molecule has 7 heteroatoms. The highest BCUT2D eigenvalue weighted by atomic mass is 35.5. The molecule has 1 aromatic heterocycles. The van der Waals surface area contributed by atoms with Gasteiger partial charge in [0, 0.05) is 11.8 Å². The van der Waals surface area contributed by atoms with Crippen molar-refractivity contribution in [3.63, 3.8) is 0 Å². The van der Waals surface area contributed by atoms with Gasteiger partial charge in [-0.1, -0.05) is 47.6 Å². The highest BCUT2D eigenvalue weighted by Gasteiger charge is 2.29. The number of nitrogens with zero attached hydrogens (tertiary/aromatic N) is 3. The predicted molar refractivity (Wildman–Crippen MR) is 111 cm³/mol. The zero-order chi connectivity index (χ0) is 19.3. The number of ether oxygens (including phenoxy) is 2. The minimum absolute atomic E-state index is 0.367. The van der Waals surface area contributed by atoms with E-state index in [4.69, 9.17) is 21.1 Å². The van der Waals surface area contributed by atoms with Crippen LogP contribution in [0.3, 0.4) is 0 Å². The van der Waals surface area contributed by atoms with Gasteiger partial charge in [-0.3, -0.25) is 0 Å². The number of para-hydroxylation sites is 1. The first kappa shape index (κ1) is 19.2. The third-order valence-corrected chi connectivity index (χ3v) is 5.88. The first-order valence-corrected chi connectivity index (χ1v) is 10.7. The van der Waals surface area contributed by atoms with Crippen LogP contribution in [0.1, 0.15) is 30.3 Å². The summed E-state index contributed by atoms with van der Waals surface area (Å²) in [5.74, 6) is 3.35. The van der Waals surface area contributed by atoms with E-state index in [9.17, 15) is 0 Å². The Morgan fingerprint density at radius 2 is 1.89 bits per heavy atom. The van der Waals surface area contributed by atoms with Crippen LogP contribution in [-0.4, -0.2) is 27.6 Å². The lowest BCUT2D eigenvalue weighted by molar-refractivity contribution is 0.288. The minimum Gasteiger partial charge on any atom is -0.497 e. The Hall–Kier alpha value is -2.18. The molecule has 28 heavy (non-hydrogen) atoms. The molecule has 146 valence electrons. The molecule has 0 aliphatic heterocycles. The van der Waals surface area contributed by atoms with Gasteiger partial charge in [0.25, 0.3) is 0 Å². The Morgan fingerprint density at radius 1 is 1.11 bits per heavy atom. The van der Waals surface area contributed by atoms with Gasteiger partial charge in [-0.2, -0.15) is 0 Å². The number of aryl methyl sites for hydroxylation is 1. The molecule has 0 atom stereocenters. The summed E-state index contributed by atoms with van der Waals surface area (Å²) in [5, 5.41) is 10.4. The van der Waals surface area contributed by atoms with Crippen molar-refractivity contribution in [3.8, 4) is 11.5 Å². The second-order valence-electron chi connectivity index (χ2n) is 6.67. The fraction of sp³-hybridized carbons (Fsp3) is 0.333. The van der Waals surface area contributed by atoms with Crippen molar-refractivity contribution < 1.29 is 9.47 Å². The van der Waals surface area contributed by atoms with Crippen molar-refractivity contribution >= 4 is 23.4 Å². The fourth-order valence-electron chi connectivity index (χ4n) is 2.96. The maximum atomic E-state index is 6.18. The SMILES string of the molecule is COc1ccc(CCSc2nnc(COc3ccccc3Cl)n2C2CC2)cc1. The molecule has 0 amide bonds. The number of aromatic nitrogens is 3. The summed E-state index contributed by atoms with van der Waals surface area (Å²) in [6, 6.07) is 16.2. The van der Waals surface area contributed by atoms with E-state index in [1.165, 1.54) is 18.4 Å². The summed E-state index contributed by atoms with van der Waals surface area (Å²) >= 11 is 7.92. The number of hydrogen-bond donors (Lipinski definition) is 0. The largest absolute Gasteiger partial charge is 0.497 e. The normalized spacial score (nSPS) is 13.5. The van der Waals surface area contributed by atoms with Gasteiger partial charge < -0.3 is 14.0 Å². The summed E-state index contributed by atoms with van der Waals surface area (Å²) in [5.41, 5.74) is 1.29. The number of thioether (sulfide) groups is 1. The average Bonchev–Trinajstić information content (AvgIpc) is 3.48. The zero-order valence-corrected chi connectivity index (χ0v) is 17.2. The van der Waals surface area contributed by atoms with E-state index in [1.54, 1.807) is 18.9 Å². The molecule has 0 unspecified atom stereocenters. The maximum absolute atomic E-state index is 6.18.